The van der Waals surface area contributed by atoms with Crippen LogP contribution >= 0.6 is 11.6 Å². The van der Waals surface area contributed by atoms with Crippen LogP contribution in [0.25, 0.3) is 10.9 Å². The van der Waals surface area contributed by atoms with Gasteiger partial charge in [-0.2, -0.15) is 5.10 Å². The lowest BCUT2D eigenvalue weighted by molar-refractivity contribution is -0.137. The maximum Gasteiger partial charge on any atom is 0.269 e. The SMILES string of the molecule is Cc1ccc(CNC(=O)CN(C(=O)Cn2nc(C(N)=O)c3cc(N)ccc32)C2CC2)c(F)c1Cl. The Bertz CT molecular complexity index is 1300. The highest BCUT2D eigenvalue weighted by Crippen LogP contribution is 2.28. The van der Waals surface area contributed by atoms with Gasteiger partial charge in [-0.05, 0) is 43.5 Å². The van der Waals surface area contributed by atoms with Gasteiger partial charge in [0, 0.05) is 29.2 Å². The monoisotopic (exact) mass is 486 g/mol. The fourth-order valence-corrected chi connectivity index (χ4v) is 3.94. The van der Waals surface area contributed by atoms with Crippen molar-refractivity contribution >= 4 is 45.9 Å². The van der Waals surface area contributed by atoms with Crippen molar-refractivity contribution in [3.8, 4) is 0 Å². The lowest BCUT2D eigenvalue weighted by Gasteiger charge is -2.22. The first-order valence-corrected chi connectivity index (χ1v) is 11.1. The Kier molecular flexibility index (Phi) is 6.43. The standard InChI is InChI=1S/C23H24ClFN6O3/c1-12-2-3-13(21(25)20(12)24)9-28-18(32)10-30(15-5-6-15)19(33)11-31-17-7-4-14(26)8-16(17)22(29-31)23(27)34/h2-4,7-8,15H,5-6,9-11,26H2,1H3,(H2,27,34)(H,28,32). The van der Waals surface area contributed by atoms with Crippen LogP contribution in [0.15, 0.2) is 30.3 Å². The van der Waals surface area contributed by atoms with E-state index in [-0.39, 0.29) is 47.9 Å². The molecular formula is C23H24ClFN6O3. The lowest BCUT2D eigenvalue weighted by atomic mass is 10.1. The molecule has 178 valence electrons. The summed E-state index contributed by atoms with van der Waals surface area (Å²) in [5.41, 5.74) is 13.1. The van der Waals surface area contributed by atoms with Gasteiger partial charge in [-0.15, -0.1) is 0 Å². The van der Waals surface area contributed by atoms with Gasteiger partial charge in [-0.25, -0.2) is 4.39 Å². The van der Waals surface area contributed by atoms with Crippen molar-refractivity contribution < 1.29 is 18.8 Å². The van der Waals surface area contributed by atoms with E-state index in [0.717, 1.165) is 12.8 Å². The van der Waals surface area contributed by atoms with E-state index in [1.165, 1.54) is 9.58 Å². The predicted octanol–water partition coefficient (Wildman–Crippen LogP) is 2.13. The van der Waals surface area contributed by atoms with E-state index < -0.39 is 17.6 Å². The summed E-state index contributed by atoms with van der Waals surface area (Å²) in [6.45, 7) is 1.28. The zero-order chi connectivity index (χ0) is 24.6. The molecule has 9 nitrogen and oxygen atoms in total. The van der Waals surface area contributed by atoms with Crippen LogP contribution in [0.1, 0.15) is 34.5 Å². The average molecular weight is 487 g/mol. The van der Waals surface area contributed by atoms with E-state index in [2.05, 4.69) is 10.4 Å². The molecule has 1 aliphatic rings. The summed E-state index contributed by atoms with van der Waals surface area (Å²) < 4.78 is 15.7. The topological polar surface area (TPSA) is 136 Å². The number of rotatable bonds is 8. The Balaban J connectivity index is 1.46. The Labute approximate surface area is 199 Å². The molecule has 0 unspecified atom stereocenters. The second-order valence-electron chi connectivity index (χ2n) is 8.35. The number of nitrogen functional groups attached to an aromatic ring is 1. The number of hydrogen-bond donors (Lipinski definition) is 3. The predicted molar refractivity (Wildman–Crippen MR) is 125 cm³/mol. The molecule has 0 saturated heterocycles. The molecule has 0 radical (unpaired) electrons. The number of benzene rings is 2. The summed E-state index contributed by atoms with van der Waals surface area (Å²) in [5.74, 6) is -2.07. The molecule has 34 heavy (non-hydrogen) atoms. The molecule has 1 heterocycles. The molecule has 0 atom stereocenters. The number of primary amides is 1. The fourth-order valence-electron chi connectivity index (χ4n) is 3.75. The van der Waals surface area contributed by atoms with Crippen molar-refractivity contribution in [1.82, 2.24) is 20.0 Å². The van der Waals surface area contributed by atoms with Crippen LogP contribution in [0, 0.1) is 12.7 Å². The molecule has 0 bridgehead atoms. The van der Waals surface area contributed by atoms with Crippen molar-refractivity contribution in [3.05, 3.63) is 58.0 Å². The minimum absolute atomic E-state index is 0.0181. The summed E-state index contributed by atoms with van der Waals surface area (Å²) in [6.07, 6.45) is 1.56. The molecule has 5 N–H and O–H groups in total. The summed E-state index contributed by atoms with van der Waals surface area (Å²) >= 11 is 5.94. The molecule has 1 fully saturated rings. The number of nitrogens with zero attached hydrogens (tertiary/aromatic N) is 3. The molecule has 2 aromatic carbocycles. The van der Waals surface area contributed by atoms with Crippen molar-refractivity contribution in [1.29, 1.82) is 0 Å². The van der Waals surface area contributed by atoms with Crippen LogP contribution < -0.4 is 16.8 Å². The Hall–Kier alpha value is -3.66. The van der Waals surface area contributed by atoms with Crippen molar-refractivity contribution in [2.45, 2.75) is 38.9 Å². The number of carbonyl (C=O) groups excluding carboxylic acids is 3. The van der Waals surface area contributed by atoms with Crippen LogP contribution in [-0.4, -0.2) is 45.0 Å². The summed E-state index contributed by atoms with van der Waals surface area (Å²) in [4.78, 5) is 38.9. The van der Waals surface area contributed by atoms with Crippen LogP contribution in [0.3, 0.4) is 0 Å². The quantitative estimate of drug-likeness (QED) is 0.419. The number of fused-ring (bicyclic) bond motifs is 1. The zero-order valence-electron chi connectivity index (χ0n) is 18.5. The molecule has 1 aliphatic carbocycles. The number of halogens is 2. The normalized spacial score (nSPS) is 13.1. The van der Waals surface area contributed by atoms with E-state index in [9.17, 15) is 18.8 Å². The van der Waals surface area contributed by atoms with E-state index in [1.807, 2.05) is 0 Å². The van der Waals surface area contributed by atoms with Gasteiger partial charge >= 0.3 is 0 Å². The number of nitrogens with one attached hydrogen (secondary N) is 1. The van der Waals surface area contributed by atoms with Gasteiger partial charge in [-0.1, -0.05) is 23.7 Å². The van der Waals surface area contributed by atoms with Crippen LogP contribution in [0.2, 0.25) is 5.02 Å². The Morgan fingerprint density at radius 1 is 1.26 bits per heavy atom. The van der Waals surface area contributed by atoms with Gasteiger partial charge in [0.2, 0.25) is 11.8 Å². The van der Waals surface area contributed by atoms with Crippen LogP contribution in [0.5, 0.6) is 0 Å². The molecular weight excluding hydrogens is 463 g/mol. The number of amides is 3. The molecule has 4 rings (SSSR count). The third-order valence-corrected chi connectivity index (χ3v) is 6.21. The first-order chi connectivity index (χ1) is 16.2. The number of hydrogen-bond acceptors (Lipinski definition) is 5. The van der Waals surface area contributed by atoms with Crippen molar-refractivity contribution in [3.63, 3.8) is 0 Å². The number of aryl methyl sites for hydroxylation is 1. The Morgan fingerprint density at radius 2 is 2.00 bits per heavy atom. The molecule has 11 heteroatoms. The third kappa shape index (κ3) is 4.81. The van der Waals surface area contributed by atoms with Crippen LogP contribution in [-0.2, 0) is 22.7 Å². The highest BCUT2D eigenvalue weighted by molar-refractivity contribution is 6.31. The minimum Gasteiger partial charge on any atom is -0.399 e. The lowest BCUT2D eigenvalue weighted by Crippen LogP contribution is -2.43. The second kappa shape index (κ2) is 9.30. The maximum absolute atomic E-state index is 14.3. The first kappa shape index (κ1) is 23.5. The van der Waals surface area contributed by atoms with Gasteiger partial charge in [0.05, 0.1) is 17.1 Å². The maximum atomic E-state index is 14.3. The molecule has 0 spiro atoms. The molecule has 1 aromatic heterocycles. The van der Waals surface area contributed by atoms with Crippen molar-refractivity contribution in [2.24, 2.45) is 5.73 Å². The Morgan fingerprint density at radius 3 is 2.68 bits per heavy atom. The summed E-state index contributed by atoms with van der Waals surface area (Å²) in [7, 11) is 0. The second-order valence-corrected chi connectivity index (χ2v) is 8.72. The van der Waals surface area contributed by atoms with Gasteiger partial charge in [-0.3, -0.25) is 19.1 Å². The van der Waals surface area contributed by atoms with E-state index in [1.54, 1.807) is 37.3 Å². The summed E-state index contributed by atoms with van der Waals surface area (Å²) in [5, 5.41) is 7.31. The fraction of sp³-hybridized carbons (Fsp3) is 0.304. The first-order valence-electron chi connectivity index (χ1n) is 10.7. The van der Waals surface area contributed by atoms with E-state index in [4.69, 9.17) is 23.1 Å². The summed E-state index contributed by atoms with van der Waals surface area (Å²) in [6, 6.07) is 8.05. The third-order valence-electron chi connectivity index (χ3n) is 5.75. The van der Waals surface area contributed by atoms with Gasteiger partial charge in [0.25, 0.3) is 5.91 Å². The number of anilines is 1. The number of aromatic nitrogens is 2. The minimum atomic E-state index is -0.733. The van der Waals surface area contributed by atoms with Crippen molar-refractivity contribution in [2.75, 3.05) is 12.3 Å². The molecule has 3 amide bonds. The van der Waals surface area contributed by atoms with Gasteiger partial charge < -0.3 is 21.7 Å². The van der Waals surface area contributed by atoms with Crippen LogP contribution in [0.4, 0.5) is 10.1 Å². The largest absolute Gasteiger partial charge is 0.399 e. The van der Waals surface area contributed by atoms with Gasteiger partial charge in [0.15, 0.2) is 5.69 Å². The zero-order valence-corrected chi connectivity index (χ0v) is 19.2. The molecule has 3 aromatic rings. The molecule has 1 saturated carbocycles. The number of nitrogens with two attached hydrogens (primary N) is 2. The molecule has 0 aliphatic heterocycles. The van der Waals surface area contributed by atoms with E-state index in [0.29, 0.717) is 22.2 Å². The highest BCUT2D eigenvalue weighted by Gasteiger charge is 2.34. The highest BCUT2D eigenvalue weighted by atomic mass is 35.5. The average Bonchev–Trinajstić information content (AvgIpc) is 3.57. The number of carbonyl (C=O) groups is 3. The smallest absolute Gasteiger partial charge is 0.269 e. The van der Waals surface area contributed by atoms with Gasteiger partial charge in [0.1, 0.15) is 12.4 Å². The van der Waals surface area contributed by atoms with E-state index >= 15 is 0 Å².